The van der Waals surface area contributed by atoms with Crippen LogP contribution < -0.4 is 21.7 Å². The molecule has 2 atom stereocenters. The summed E-state index contributed by atoms with van der Waals surface area (Å²) in [5, 5.41) is 10.5. The molecule has 1 heterocycles. The molecular weight excluding hydrogens is 435 g/mol. The molecule has 1 fully saturated rings. The van der Waals surface area contributed by atoms with Crippen molar-refractivity contribution < 1.29 is 18.0 Å². The third-order valence-electron chi connectivity index (χ3n) is 5.98. The van der Waals surface area contributed by atoms with Gasteiger partial charge in [-0.2, -0.15) is 0 Å². The molecule has 11 heteroatoms. The van der Waals surface area contributed by atoms with E-state index in [1.54, 1.807) is 37.2 Å². The molecule has 6 N–H and O–H groups in total. The summed E-state index contributed by atoms with van der Waals surface area (Å²) in [5.74, 6) is -5.45. The topological polar surface area (TPSA) is 124 Å². The number of hydrogen-bond donors (Lipinski definition) is 4. The maximum absolute atomic E-state index is 15.1. The minimum Gasteiger partial charge on any atom is -0.398 e. The summed E-state index contributed by atoms with van der Waals surface area (Å²) in [6, 6.07) is 3.81. The number of benzene rings is 1. The lowest BCUT2D eigenvalue weighted by Crippen LogP contribution is -2.60. The largest absolute Gasteiger partial charge is 0.398 e. The Morgan fingerprint density at radius 2 is 2.03 bits per heavy atom. The second-order valence-electron chi connectivity index (χ2n) is 8.37. The average molecular weight is 464 g/mol. The lowest BCUT2D eigenvalue weighted by atomic mass is 9.85. The maximum Gasteiger partial charge on any atom is 0.269 e. The number of aromatic nitrogens is 1. The predicted octanol–water partition coefficient (Wildman–Crippen LogP) is 3.20. The molecule has 0 spiro atoms. The van der Waals surface area contributed by atoms with Crippen molar-refractivity contribution >= 4 is 35.1 Å². The molecule has 1 aromatic carbocycles. The van der Waals surface area contributed by atoms with Gasteiger partial charge in [-0.05, 0) is 45.1 Å². The number of alkyl halides is 2. The van der Waals surface area contributed by atoms with Gasteiger partial charge < -0.3 is 32.0 Å². The number of nitrogens with one attached hydrogen (secondary N) is 2. The lowest BCUT2D eigenvalue weighted by Gasteiger charge is -2.46. The Bertz CT molecular complexity index is 1060. The van der Waals surface area contributed by atoms with Crippen molar-refractivity contribution in [3.05, 3.63) is 41.2 Å². The summed E-state index contributed by atoms with van der Waals surface area (Å²) in [4.78, 5) is 19.0. The molecule has 33 heavy (non-hydrogen) atoms. The van der Waals surface area contributed by atoms with Gasteiger partial charge in [0.15, 0.2) is 11.6 Å². The number of halogens is 3. The van der Waals surface area contributed by atoms with Crippen molar-refractivity contribution in [2.75, 3.05) is 37.1 Å². The average Bonchev–Trinajstić information content (AvgIpc) is 2.73. The van der Waals surface area contributed by atoms with Gasteiger partial charge in [0, 0.05) is 37.0 Å². The molecule has 2 unspecified atom stereocenters. The van der Waals surface area contributed by atoms with E-state index in [2.05, 4.69) is 10.3 Å². The molecule has 0 bridgehead atoms. The molecule has 0 aliphatic heterocycles. The predicted molar refractivity (Wildman–Crippen MR) is 123 cm³/mol. The molecule has 178 valence electrons. The van der Waals surface area contributed by atoms with Crippen LogP contribution in [0.15, 0.2) is 24.3 Å². The summed E-state index contributed by atoms with van der Waals surface area (Å²) in [6.07, 6.45) is 1.58. The van der Waals surface area contributed by atoms with Crippen LogP contribution in [0.5, 0.6) is 0 Å². The van der Waals surface area contributed by atoms with Gasteiger partial charge in [0.1, 0.15) is 11.9 Å². The first-order chi connectivity index (χ1) is 15.5. The zero-order valence-corrected chi connectivity index (χ0v) is 18.7. The van der Waals surface area contributed by atoms with Crippen molar-refractivity contribution in [1.29, 1.82) is 5.41 Å². The first-order valence-corrected chi connectivity index (χ1v) is 10.4. The lowest BCUT2D eigenvalue weighted by molar-refractivity contribution is -0.0778. The van der Waals surface area contributed by atoms with Gasteiger partial charge in [0.25, 0.3) is 11.8 Å². The summed E-state index contributed by atoms with van der Waals surface area (Å²) < 4.78 is 45.1. The van der Waals surface area contributed by atoms with Gasteiger partial charge >= 0.3 is 0 Å². The number of nitrogen functional groups attached to an aromatic ring is 1. The van der Waals surface area contributed by atoms with E-state index in [0.29, 0.717) is 29.8 Å². The second-order valence-corrected chi connectivity index (χ2v) is 8.37. The Morgan fingerprint density at radius 3 is 2.64 bits per heavy atom. The number of primary amides is 1. The number of rotatable bonds is 7. The molecule has 0 radical (unpaired) electrons. The molecule has 2 aromatic rings. The number of carbonyl (C=O) groups excluding carboxylic acids is 1. The Balaban J connectivity index is 2.11. The van der Waals surface area contributed by atoms with Crippen molar-refractivity contribution in [2.24, 2.45) is 5.73 Å². The molecule has 1 aromatic heterocycles. The van der Waals surface area contributed by atoms with Gasteiger partial charge in [-0.15, -0.1) is 0 Å². The van der Waals surface area contributed by atoms with Crippen LogP contribution in [0, 0.1) is 11.2 Å². The van der Waals surface area contributed by atoms with E-state index in [1.807, 2.05) is 0 Å². The van der Waals surface area contributed by atoms with E-state index < -0.39 is 29.7 Å². The quantitative estimate of drug-likeness (QED) is 0.369. The molecular formula is C22H28F3N7O. The van der Waals surface area contributed by atoms with Crippen molar-refractivity contribution in [2.45, 2.75) is 37.3 Å². The van der Waals surface area contributed by atoms with E-state index in [4.69, 9.17) is 16.9 Å². The smallest absolute Gasteiger partial charge is 0.269 e. The monoisotopic (exact) mass is 463 g/mol. The number of pyridine rings is 1. The second kappa shape index (κ2) is 9.26. The zero-order chi connectivity index (χ0) is 24.5. The first-order valence-electron chi connectivity index (χ1n) is 10.4. The Hall–Kier alpha value is -3.34. The number of anilines is 4. The van der Waals surface area contributed by atoms with Crippen molar-refractivity contribution in [3.63, 3.8) is 0 Å². The SMILES string of the molecule is CN(C)C1CCCC(F)(F)C1N(C)c1nc(Nc2cccc(N)c2C=N)c(C(N)=O)cc1F. The highest BCUT2D eigenvalue weighted by Crippen LogP contribution is 2.40. The normalized spacial score (nSPS) is 19.8. The molecule has 1 aliphatic rings. The van der Waals surface area contributed by atoms with Crippen LogP contribution >= 0.6 is 0 Å². The van der Waals surface area contributed by atoms with E-state index in [1.165, 1.54) is 7.05 Å². The number of likely N-dealkylation sites (N-methyl/N-ethyl adjacent to an activating group) is 2. The van der Waals surface area contributed by atoms with Gasteiger partial charge in [-0.25, -0.2) is 18.2 Å². The minimum atomic E-state index is -3.08. The summed E-state index contributed by atoms with van der Waals surface area (Å²) in [5.41, 5.74) is 12.0. The molecule has 8 nitrogen and oxygen atoms in total. The number of hydrogen-bond acceptors (Lipinski definition) is 7. The maximum atomic E-state index is 15.1. The standard InChI is InChI=1S/C22H28F3N7O/c1-31(2)17-8-5-9-22(24,25)18(17)32(3)21-14(23)10-12(19(28)33)20(30-21)29-16-7-4-6-15(27)13(16)11-26/h4,6-7,10-11,17-18,26H,5,8-9,27H2,1-3H3,(H2,28,33)(H,29,30). The highest BCUT2D eigenvalue weighted by molar-refractivity contribution is 6.00. The highest BCUT2D eigenvalue weighted by Gasteiger charge is 2.50. The zero-order valence-electron chi connectivity index (χ0n) is 18.7. The van der Waals surface area contributed by atoms with E-state index >= 15 is 4.39 Å². The highest BCUT2D eigenvalue weighted by atomic mass is 19.3. The third kappa shape index (κ3) is 4.72. The Kier molecular flexibility index (Phi) is 6.82. The number of carbonyl (C=O) groups is 1. The fraction of sp³-hybridized carbons (Fsp3) is 0.409. The number of amides is 1. The fourth-order valence-corrected chi connectivity index (χ4v) is 4.34. The van der Waals surface area contributed by atoms with E-state index in [9.17, 15) is 13.6 Å². The minimum absolute atomic E-state index is 0.125. The Labute approximate surface area is 190 Å². The van der Waals surface area contributed by atoms with Gasteiger partial charge in [-0.3, -0.25) is 4.79 Å². The van der Waals surface area contributed by atoms with Crippen molar-refractivity contribution in [1.82, 2.24) is 9.88 Å². The number of nitrogens with zero attached hydrogens (tertiary/aromatic N) is 3. The van der Waals surface area contributed by atoms with E-state index in [0.717, 1.165) is 17.2 Å². The summed E-state index contributed by atoms with van der Waals surface area (Å²) in [6.45, 7) is 0. The summed E-state index contributed by atoms with van der Waals surface area (Å²) >= 11 is 0. The van der Waals surface area contributed by atoms with Crippen LogP contribution in [0.4, 0.5) is 36.2 Å². The fourth-order valence-electron chi connectivity index (χ4n) is 4.34. The van der Waals surface area contributed by atoms with Gasteiger partial charge in [0.05, 0.1) is 11.3 Å². The first kappa shape index (κ1) is 24.3. The summed E-state index contributed by atoms with van der Waals surface area (Å²) in [7, 11) is 4.78. The van der Waals surface area contributed by atoms with Crippen LogP contribution in [0.1, 0.15) is 35.2 Å². The van der Waals surface area contributed by atoms with Crippen LogP contribution in [-0.2, 0) is 0 Å². The molecule has 1 aliphatic carbocycles. The third-order valence-corrected chi connectivity index (χ3v) is 5.98. The van der Waals surface area contributed by atoms with E-state index in [-0.39, 0.29) is 23.6 Å². The van der Waals surface area contributed by atoms with Crippen LogP contribution in [-0.4, -0.2) is 61.2 Å². The van der Waals surface area contributed by atoms with Gasteiger partial charge in [-0.1, -0.05) is 6.07 Å². The van der Waals surface area contributed by atoms with Gasteiger partial charge in [0.2, 0.25) is 0 Å². The van der Waals surface area contributed by atoms with Crippen LogP contribution in [0.2, 0.25) is 0 Å². The van der Waals surface area contributed by atoms with Crippen molar-refractivity contribution in [3.8, 4) is 0 Å². The van der Waals surface area contributed by atoms with Crippen LogP contribution in [0.3, 0.4) is 0 Å². The molecule has 0 saturated heterocycles. The Morgan fingerprint density at radius 1 is 1.33 bits per heavy atom. The number of nitrogens with two attached hydrogens (primary N) is 2. The molecule has 1 amide bonds. The molecule has 1 saturated carbocycles. The van der Waals surface area contributed by atoms with Crippen LogP contribution in [0.25, 0.3) is 0 Å². The molecule has 3 rings (SSSR count).